The van der Waals surface area contributed by atoms with E-state index in [1.54, 1.807) is 12.1 Å². The highest BCUT2D eigenvalue weighted by atomic mass is 15.1. The summed E-state index contributed by atoms with van der Waals surface area (Å²) in [5, 5.41) is 2.53. The molecule has 0 aliphatic rings. The average Bonchev–Trinajstić information content (AvgIpc) is 3.46. The molecule has 0 fully saturated rings. The number of benzene rings is 10. The standard InChI is InChI=1S/C62H41N7/c1-5-16-43(17-6-1)57-63-58(44-18-7-2-8-19-44)66-61(65-57)47-29-34-54(35-30-47)69(56-38-33-52-40-51(27-28-53(52)41-56)50-26-25-42-15-13-14-24-49(42)39-50)55-36-31-48(32-37-55)62-67-59(45-20-9-3-10-21-45)64-60(68-62)46-22-11-4-12-23-46/h1-41H/i28D,33D,40D,41D. The first-order valence-electron chi connectivity index (χ1n) is 24.6. The van der Waals surface area contributed by atoms with Gasteiger partial charge in [-0.2, -0.15) is 0 Å². The molecule has 7 heteroatoms. The van der Waals surface area contributed by atoms with Crippen LogP contribution in [0.15, 0.2) is 249 Å². The monoisotopic (exact) mass is 887 g/mol. The summed E-state index contributed by atoms with van der Waals surface area (Å²) >= 11 is 0. The first-order chi connectivity index (χ1) is 35.8. The Morgan fingerprint density at radius 2 is 0.594 bits per heavy atom. The fraction of sp³-hybridized carbons (Fsp3) is 0. The van der Waals surface area contributed by atoms with E-state index in [-0.39, 0.29) is 34.9 Å². The Bertz CT molecular complexity index is 3710. The van der Waals surface area contributed by atoms with E-state index in [1.807, 2.05) is 217 Å². The number of hydrogen-bond acceptors (Lipinski definition) is 7. The quantitative estimate of drug-likeness (QED) is 0.135. The van der Waals surface area contributed by atoms with Crippen molar-refractivity contribution >= 4 is 38.6 Å². The molecule has 0 radical (unpaired) electrons. The van der Waals surface area contributed by atoms with Gasteiger partial charge in [-0.25, -0.2) is 29.9 Å². The molecule has 0 aliphatic heterocycles. The highest BCUT2D eigenvalue weighted by Gasteiger charge is 2.18. The molecule has 0 unspecified atom stereocenters. The predicted molar refractivity (Wildman–Crippen MR) is 281 cm³/mol. The van der Waals surface area contributed by atoms with Crippen LogP contribution in [0.5, 0.6) is 0 Å². The van der Waals surface area contributed by atoms with Crippen LogP contribution < -0.4 is 4.90 Å². The van der Waals surface area contributed by atoms with E-state index >= 15 is 0 Å². The van der Waals surface area contributed by atoms with Crippen molar-refractivity contribution in [3.8, 4) is 79.5 Å². The van der Waals surface area contributed by atoms with Gasteiger partial charge >= 0.3 is 0 Å². The van der Waals surface area contributed by atoms with Crippen molar-refractivity contribution in [3.05, 3.63) is 249 Å². The molecule has 0 bridgehead atoms. The normalized spacial score (nSPS) is 12.0. The molecule has 324 valence electrons. The molecule has 0 N–H and O–H groups in total. The van der Waals surface area contributed by atoms with Gasteiger partial charge in [-0.3, -0.25) is 0 Å². The molecule has 0 amide bonds. The Balaban J connectivity index is 0.997. The Morgan fingerprint density at radius 3 is 1.03 bits per heavy atom. The summed E-state index contributed by atoms with van der Waals surface area (Å²) in [5.74, 6) is 3.15. The van der Waals surface area contributed by atoms with Crippen LogP contribution in [0.2, 0.25) is 0 Å². The molecular formula is C62H41N7. The minimum absolute atomic E-state index is 0.0117. The van der Waals surface area contributed by atoms with E-state index in [9.17, 15) is 5.48 Å². The van der Waals surface area contributed by atoms with Crippen LogP contribution in [0.3, 0.4) is 0 Å². The SMILES string of the molecule is [2H]c1cc(N(c2ccc(-c3nc(-c4ccccc4)nc(-c4ccccc4)n3)cc2)c2ccc(-c3nc(-c4ccccc4)nc(-c4ccccc4)n3)cc2)c([2H])c2c([2H])cc(-c3ccc4ccccc4c3)c([2H])c12. The molecular weight excluding hydrogens is 843 g/mol. The fourth-order valence-electron chi connectivity index (χ4n) is 8.42. The molecule has 2 aromatic heterocycles. The van der Waals surface area contributed by atoms with Crippen molar-refractivity contribution in [2.45, 2.75) is 0 Å². The third-order valence-electron chi connectivity index (χ3n) is 11.9. The largest absolute Gasteiger partial charge is 0.310 e. The van der Waals surface area contributed by atoms with E-state index < -0.39 is 0 Å². The highest BCUT2D eigenvalue weighted by Crippen LogP contribution is 2.39. The number of aromatic nitrogens is 6. The van der Waals surface area contributed by atoms with E-state index in [1.165, 1.54) is 0 Å². The van der Waals surface area contributed by atoms with Gasteiger partial charge in [0.25, 0.3) is 0 Å². The summed E-state index contributed by atoms with van der Waals surface area (Å²) < 4.78 is 38.3. The summed E-state index contributed by atoms with van der Waals surface area (Å²) in [5.41, 5.74) is 7.93. The Labute approximate surface area is 405 Å². The second-order valence-electron chi connectivity index (χ2n) is 16.4. The summed E-state index contributed by atoms with van der Waals surface area (Å²) in [6.07, 6.45) is 0. The minimum atomic E-state index is 0.0117. The number of hydrogen-bond donors (Lipinski definition) is 0. The predicted octanol–water partition coefficient (Wildman–Crippen LogP) is 15.5. The van der Waals surface area contributed by atoms with Gasteiger partial charge in [0.1, 0.15) is 0 Å². The van der Waals surface area contributed by atoms with Crippen molar-refractivity contribution in [2.24, 2.45) is 0 Å². The Hall–Kier alpha value is -9.46. The number of anilines is 3. The van der Waals surface area contributed by atoms with Crippen LogP contribution >= 0.6 is 0 Å². The molecule has 0 saturated heterocycles. The molecule has 12 rings (SSSR count). The van der Waals surface area contributed by atoms with Gasteiger partial charge in [0, 0.05) is 50.4 Å². The lowest BCUT2D eigenvalue weighted by molar-refractivity contribution is 1.07. The maximum absolute atomic E-state index is 9.88. The Kier molecular flexibility index (Phi) is 9.62. The second-order valence-corrected chi connectivity index (χ2v) is 16.4. The lowest BCUT2D eigenvalue weighted by atomic mass is 9.98. The van der Waals surface area contributed by atoms with Gasteiger partial charge in [0.05, 0.1) is 5.48 Å². The minimum Gasteiger partial charge on any atom is -0.310 e. The van der Waals surface area contributed by atoms with E-state index in [2.05, 4.69) is 0 Å². The molecule has 12 aromatic rings. The summed E-state index contributed by atoms with van der Waals surface area (Å²) in [7, 11) is 0. The third kappa shape index (κ3) is 8.48. The van der Waals surface area contributed by atoms with Crippen LogP contribution in [0.1, 0.15) is 5.48 Å². The third-order valence-corrected chi connectivity index (χ3v) is 11.9. The Morgan fingerprint density at radius 1 is 0.246 bits per heavy atom. The van der Waals surface area contributed by atoms with E-state index in [4.69, 9.17) is 29.9 Å². The molecule has 0 atom stereocenters. The summed E-state index contributed by atoms with van der Waals surface area (Å²) in [4.78, 5) is 31.5. The lowest BCUT2D eigenvalue weighted by Gasteiger charge is -2.26. The molecule has 0 saturated carbocycles. The summed E-state index contributed by atoms with van der Waals surface area (Å²) in [6, 6.07) is 72.2. The second kappa shape index (κ2) is 18.1. The van der Waals surface area contributed by atoms with Crippen LogP contribution in [0.4, 0.5) is 17.1 Å². The van der Waals surface area contributed by atoms with Crippen molar-refractivity contribution in [2.75, 3.05) is 4.90 Å². The molecule has 69 heavy (non-hydrogen) atoms. The fourth-order valence-corrected chi connectivity index (χ4v) is 8.42. The highest BCUT2D eigenvalue weighted by molar-refractivity contribution is 5.94. The van der Waals surface area contributed by atoms with Crippen LogP contribution in [-0.2, 0) is 0 Å². The number of fused-ring (bicyclic) bond motifs is 2. The molecule has 2 heterocycles. The number of nitrogens with zero attached hydrogens (tertiary/aromatic N) is 7. The lowest BCUT2D eigenvalue weighted by Crippen LogP contribution is -2.10. The first kappa shape index (κ1) is 36.7. The zero-order valence-electron chi connectivity index (χ0n) is 41.0. The first-order valence-corrected chi connectivity index (χ1v) is 22.6. The van der Waals surface area contributed by atoms with Crippen molar-refractivity contribution in [1.29, 1.82) is 0 Å². The van der Waals surface area contributed by atoms with Crippen molar-refractivity contribution < 1.29 is 5.48 Å². The van der Waals surface area contributed by atoms with Gasteiger partial charge in [0.15, 0.2) is 34.9 Å². The maximum atomic E-state index is 9.88. The zero-order chi connectivity index (χ0) is 49.4. The summed E-state index contributed by atoms with van der Waals surface area (Å²) in [6.45, 7) is 0. The number of rotatable bonds is 10. The molecule has 7 nitrogen and oxygen atoms in total. The van der Waals surface area contributed by atoms with Crippen LogP contribution in [0, 0.1) is 0 Å². The molecule has 0 aliphatic carbocycles. The average molecular weight is 888 g/mol. The van der Waals surface area contributed by atoms with E-state index in [0.717, 1.165) is 49.7 Å². The molecule has 10 aromatic carbocycles. The van der Waals surface area contributed by atoms with Crippen LogP contribution in [-0.4, -0.2) is 29.9 Å². The van der Waals surface area contributed by atoms with Gasteiger partial charge in [-0.1, -0.05) is 176 Å². The van der Waals surface area contributed by atoms with Crippen LogP contribution in [0.25, 0.3) is 101 Å². The van der Waals surface area contributed by atoms with Crippen molar-refractivity contribution in [3.63, 3.8) is 0 Å². The van der Waals surface area contributed by atoms with Gasteiger partial charge in [-0.05, 0) is 105 Å². The van der Waals surface area contributed by atoms with E-state index in [0.29, 0.717) is 57.6 Å². The molecule has 0 spiro atoms. The van der Waals surface area contributed by atoms with Gasteiger partial charge in [-0.15, -0.1) is 0 Å². The smallest absolute Gasteiger partial charge is 0.164 e. The topological polar surface area (TPSA) is 80.6 Å². The van der Waals surface area contributed by atoms with Gasteiger partial charge < -0.3 is 4.90 Å². The maximum Gasteiger partial charge on any atom is 0.164 e. The van der Waals surface area contributed by atoms with Crippen molar-refractivity contribution in [1.82, 2.24) is 29.9 Å². The van der Waals surface area contributed by atoms with Gasteiger partial charge in [0.2, 0.25) is 0 Å². The zero-order valence-corrected chi connectivity index (χ0v) is 37.0.